The van der Waals surface area contributed by atoms with Gasteiger partial charge in [0.05, 0.1) is 5.69 Å². The number of carbonyl (C=O) groups excluding carboxylic acids is 3. The van der Waals surface area contributed by atoms with E-state index in [0.717, 1.165) is 0 Å². The Kier molecular flexibility index (Phi) is 6.14. The van der Waals surface area contributed by atoms with E-state index in [4.69, 9.17) is 4.74 Å². The van der Waals surface area contributed by atoms with E-state index >= 15 is 0 Å². The van der Waals surface area contributed by atoms with Crippen molar-refractivity contribution in [3.8, 4) is 5.75 Å². The number of amides is 1. The van der Waals surface area contributed by atoms with E-state index in [9.17, 15) is 18.8 Å². The zero-order valence-electron chi connectivity index (χ0n) is 15.6. The lowest BCUT2D eigenvalue weighted by atomic mass is 10.0. The van der Waals surface area contributed by atoms with Crippen LogP contribution < -0.4 is 10.1 Å². The van der Waals surface area contributed by atoms with Crippen LogP contribution in [0, 0.1) is 5.82 Å². The smallest absolute Gasteiger partial charge is 0.262 e. The van der Waals surface area contributed by atoms with Crippen LogP contribution in [0.3, 0.4) is 0 Å². The topological polar surface area (TPSA) is 72.5 Å². The van der Waals surface area contributed by atoms with Gasteiger partial charge in [0.25, 0.3) is 5.91 Å². The second-order valence-corrected chi connectivity index (χ2v) is 6.30. The Morgan fingerprint density at radius 1 is 0.862 bits per heavy atom. The normalized spacial score (nSPS) is 10.3. The highest BCUT2D eigenvalue weighted by Gasteiger charge is 2.12. The van der Waals surface area contributed by atoms with E-state index in [0.29, 0.717) is 28.1 Å². The lowest BCUT2D eigenvalue weighted by Crippen LogP contribution is -2.21. The highest BCUT2D eigenvalue weighted by molar-refractivity contribution is 6.09. The van der Waals surface area contributed by atoms with Gasteiger partial charge >= 0.3 is 0 Å². The van der Waals surface area contributed by atoms with Gasteiger partial charge in [-0.2, -0.15) is 0 Å². The number of benzene rings is 3. The molecule has 1 amide bonds. The molecule has 5 nitrogen and oxygen atoms in total. The van der Waals surface area contributed by atoms with Crippen LogP contribution in [0.1, 0.15) is 33.2 Å². The van der Waals surface area contributed by atoms with Crippen molar-refractivity contribution < 1.29 is 23.5 Å². The molecule has 0 saturated carbocycles. The van der Waals surface area contributed by atoms with Crippen molar-refractivity contribution in [2.24, 2.45) is 0 Å². The molecule has 29 heavy (non-hydrogen) atoms. The number of halogens is 1. The van der Waals surface area contributed by atoms with E-state index in [1.807, 2.05) is 0 Å². The standard InChI is InChI=1S/C23H18FNO4/c1-15(26)20-4-2-3-5-21(20)25-22(27)14-29-19-12-8-17(9-13-19)23(28)16-6-10-18(24)11-7-16/h2-13H,14H2,1H3,(H,25,27). The van der Waals surface area contributed by atoms with Crippen molar-refractivity contribution in [3.63, 3.8) is 0 Å². The van der Waals surface area contributed by atoms with Crippen LogP contribution >= 0.6 is 0 Å². The van der Waals surface area contributed by atoms with Gasteiger partial charge < -0.3 is 10.1 Å². The Bertz CT molecular complexity index is 1040. The van der Waals surface area contributed by atoms with Gasteiger partial charge in [0.2, 0.25) is 0 Å². The summed E-state index contributed by atoms with van der Waals surface area (Å²) >= 11 is 0. The summed E-state index contributed by atoms with van der Waals surface area (Å²) in [5.74, 6) is -0.798. The molecular formula is C23H18FNO4. The van der Waals surface area contributed by atoms with Gasteiger partial charge in [0.1, 0.15) is 11.6 Å². The van der Waals surface area contributed by atoms with Gasteiger partial charge in [-0.25, -0.2) is 4.39 Å². The van der Waals surface area contributed by atoms with E-state index in [2.05, 4.69) is 5.32 Å². The SMILES string of the molecule is CC(=O)c1ccccc1NC(=O)COc1ccc(C(=O)c2ccc(F)cc2)cc1. The molecule has 3 aromatic carbocycles. The molecule has 0 spiro atoms. The zero-order valence-corrected chi connectivity index (χ0v) is 15.6. The Morgan fingerprint density at radius 3 is 2.07 bits per heavy atom. The van der Waals surface area contributed by atoms with Gasteiger partial charge in [-0.15, -0.1) is 0 Å². The number of ketones is 2. The number of rotatable bonds is 7. The zero-order chi connectivity index (χ0) is 20.8. The van der Waals surface area contributed by atoms with Crippen molar-refractivity contribution in [1.82, 2.24) is 0 Å². The maximum Gasteiger partial charge on any atom is 0.262 e. The van der Waals surface area contributed by atoms with Crippen LogP contribution in [0.15, 0.2) is 72.8 Å². The molecule has 146 valence electrons. The van der Waals surface area contributed by atoms with Crippen LogP contribution in [0.4, 0.5) is 10.1 Å². The molecule has 0 saturated heterocycles. The summed E-state index contributed by atoms with van der Waals surface area (Å²) in [6, 6.07) is 18.3. The summed E-state index contributed by atoms with van der Waals surface area (Å²) in [5, 5.41) is 2.65. The van der Waals surface area contributed by atoms with Gasteiger partial charge in [0, 0.05) is 16.7 Å². The third-order valence-electron chi connectivity index (χ3n) is 4.17. The Balaban J connectivity index is 1.59. The minimum atomic E-state index is -0.412. The number of anilines is 1. The van der Waals surface area contributed by atoms with Gasteiger partial charge in [-0.05, 0) is 67.6 Å². The quantitative estimate of drug-likeness (QED) is 0.611. The Morgan fingerprint density at radius 2 is 1.45 bits per heavy atom. The summed E-state index contributed by atoms with van der Waals surface area (Å²) in [4.78, 5) is 36.1. The fraction of sp³-hybridized carbons (Fsp3) is 0.0870. The second-order valence-electron chi connectivity index (χ2n) is 6.30. The Hall–Kier alpha value is -3.80. The summed E-state index contributed by atoms with van der Waals surface area (Å²) in [6.07, 6.45) is 0. The lowest BCUT2D eigenvalue weighted by molar-refractivity contribution is -0.118. The minimum Gasteiger partial charge on any atom is -0.484 e. The summed E-state index contributed by atoms with van der Waals surface area (Å²) in [6.45, 7) is 1.17. The summed E-state index contributed by atoms with van der Waals surface area (Å²) in [5.41, 5.74) is 1.64. The molecule has 0 fully saturated rings. The molecule has 0 aliphatic heterocycles. The summed E-state index contributed by atoms with van der Waals surface area (Å²) in [7, 11) is 0. The molecular weight excluding hydrogens is 373 g/mol. The first-order valence-electron chi connectivity index (χ1n) is 8.87. The van der Waals surface area contributed by atoms with Crippen LogP contribution in [0.5, 0.6) is 5.75 Å². The number of para-hydroxylation sites is 1. The average molecular weight is 391 g/mol. The van der Waals surface area contributed by atoms with Crippen LogP contribution in [-0.2, 0) is 4.79 Å². The number of nitrogens with one attached hydrogen (secondary N) is 1. The van der Waals surface area contributed by atoms with E-state index in [1.165, 1.54) is 31.2 Å². The molecule has 0 aliphatic rings. The van der Waals surface area contributed by atoms with Crippen LogP contribution in [0.25, 0.3) is 0 Å². The average Bonchev–Trinajstić information content (AvgIpc) is 2.73. The highest BCUT2D eigenvalue weighted by Crippen LogP contribution is 2.17. The van der Waals surface area contributed by atoms with Crippen molar-refractivity contribution in [2.45, 2.75) is 6.92 Å². The maximum absolute atomic E-state index is 13.0. The fourth-order valence-electron chi connectivity index (χ4n) is 2.70. The number of hydrogen-bond acceptors (Lipinski definition) is 4. The number of ether oxygens (including phenoxy) is 1. The predicted octanol–water partition coefficient (Wildman–Crippen LogP) is 4.28. The third-order valence-corrected chi connectivity index (χ3v) is 4.17. The molecule has 0 aliphatic carbocycles. The van der Waals surface area contributed by atoms with E-state index in [-0.39, 0.29) is 18.2 Å². The molecule has 0 aromatic heterocycles. The first-order valence-corrected chi connectivity index (χ1v) is 8.87. The van der Waals surface area contributed by atoms with Crippen LogP contribution in [0.2, 0.25) is 0 Å². The molecule has 0 heterocycles. The first-order chi connectivity index (χ1) is 13.9. The van der Waals surface area contributed by atoms with Gasteiger partial charge in [-0.3, -0.25) is 14.4 Å². The molecule has 3 aromatic rings. The molecule has 0 unspecified atom stereocenters. The van der Waals surface area contributed by atoms with Crippen molar-refractivity contribution in [1.29, 1.82) is 0 Å². The molecule has 3 rings (SSSR count). The maximum atomic E-state index is 13.0. The van der Waals surface area contributed by atoms with E-state index in [1.54, 1.807) is 48.5 Å². The molecule has 0 atom stereocenters. The van der Waals surface area contributed by atoms with E-state index < -0.39 is 11.7 Å². The molecule has 0 radical (unpaired) electrons. The third kappa shape index (κ3) is 5.13. The fourth-order valence-corrected chi connectivity index (χ4v) is 2.70. The largest absolute Gasteiger partial charge is 0.484 e. The number of carbonyl (C=O) groups is 3. The molecule has 0 bridgehead atoms. The monoisotopic (exact) mass is 391 g/mol. The van der Waals surface area contributed by atoms with Crippen LogP contribution in [-0.4, -0.2) is 24.1 Å². The Labute approximate surface area is 167 Å². The molecule has 6 heteroatoms. The predicted molar refractivity (Wildman–Crippen MR) is 107 cm³/mol. The summed E-state index contributed by atoms with van der Waals surface area (Å²) < 4.78 is 18.4. The van der Waals surface area contributed by atoms with Gasteiger partial charge in [0.15, 0.2) is 18.2 Å². The van der Waals surface area contributed by atoms with Gasteiger partial charge in [-0.1, -0.05) is 12.1 Å². The lowest BCUT2D eigenvalue weighted by Gasteiger charge is -2.10. The minimum absolute atomic E-state index is 0.150. The van der Waals surface area contributed by atoms with Crippen molar-refractivity contribution in [3.05, 3.63) is 95.3 Å². The number of Topliss-reactive ketones (excluding diaryl/α,β-unsaturated/α-hetero) is 1. The van der Waals surface area contributed by atoms with Crippen molar-refractivity contribution in [2.75, 3.05) is 11.9 Å². The highest BCUT2D eigenvalue weighted by atomic mass is 19.1. The van der Waals surface area contributed by atoms with Crippen molar-refractivity contribution >= 4 is 23.2 Å². The molecule has 1 N–H and O–H groups in total. The number of hydrogen-bond donors (Lipinski definition) is 1. The first kappa shape index (κ1) is 19.9. The second kappa shape index (κ2) is 8.93.